The van der Waals surface area contributed by atoms with Crippen LogP contribution in [0, 0.1) is 0 Å². The van der Waals surface area contributed by atoms with Crippen molar-refractivity contribution in [2.75, 3.05) is 0 Å². The van der Waals surface area contributed by atoms with E-state index < -0.39 is 0 Å². The lowest BCUT2D eigenvalue weighted by Crippen LogP contribution is -2.23. The topological polar surface area (TPSA) is 0 Å². The zero-order valence-corrected chi connectivity index (χ0v) is 17.5. The minimum atomic E-state index is 0.0312. The number of hydrogen-bond acceptors (Lipinski definition) is 0. The van der Waals surface area contributed by atoms with Gasteiger partial charge in [-0.05, 0) is 54.4 Å². The van der Waals surface area contributed by atoms with Gasteiger partial charge in [0.05, 0.1) is 0 Å². The summed E-state index contributed by atoms with van der Waals surface area (Å²) in [7, 11) is 3.26. The van der Waals surface area contributed by atoms with E-state index in [9.17, 15) is 0 Å². The average Bonchev–Trinajstić information content (AvgIpc) is 2.65. The van der Waals surface area contributed by atoms with E-state index in [1.165, 1.54) is 73.6 Å². The molecule has 2 aromatic rings. The van der Waals surface area contributed by atoms with Crippen LogP contribution in [0.2, 0.25) is 0 Å². The summed E-state index contributed by atoms with van der Waals surface area (Å²) in [4.78, 5) is 0. The highest BCUT2D eigenvalue weighted by Crippen LogP contribution is 2.46. The van der Waals surface area contributed by atoms with E-state index in [4.69, 9.17) is 0 Å². The number of aryl methyl sites for hydroxylation is 2. The fraction of sp³-hybridized carbons (Fsp3) is 0.500. The van der Waals surface area contributed by atoms with Crippen LogP contribution in [0.15, 0.2) is 48.5 Å². The lowest BCUT2D eigenvalue weighted by atomic mass is 9.80. The van der Waals surface area contributed by atoms with Crippen molar-refractivity contribution in [2.45, 2.75) is 77.3 Å². The predicted molar refractivity (Wildman–Crippen MR) is 116 cm³/mol. The van der Waals surface area contributed by atoms with Crippen LogP contribution in [0.5, 0.6) is 0 Å². The summed E-state index contributed by atoms with van der Waals surface area (Å²) in [5.74, 6) is 0. The van der Waals surface area contributed by atoms with E-state index in [0.29, 0.717) is 0 Å². The summed E-state index contributed by atoms with van der Waals surface area (Å²) in [5, 5.41) is 0.0312. The van der Waals surface area contributed by atoms with Crippen LogP contribution < -0.4 is 0 Å². The van der Waals surface area contributed by atoms with Crippen LogP contribution >= 0.6 is 9.24 Å². The Morgan fingerprint density at radius 3 is 1.52 bits per heavy atom. The predicted octanol–water partition coefficient (Wildman–Crippen LogP) is 7.29. The largest absolute Gasteiger partial charge is 0.122 e. The van der Waals surface area contributed by atoms with Crippen LogP contribution in [-0.2, 0) is 18.0 Å². The Bertz CT molecular complexity index is 593. The lowest BCUT2D eigenvalue weighted by Gasteiger charge is -2.34. The van der Waals surface area contributed by atoms with Crippen molar-refractivity contribution >= 4 is 9.24 Å². The minimum Gasteiger partial charge on any atom is -0.122 e. The second-order valence-electron chi connectivity index (χ2n) is 7.24. The first-order valence-corrected chi connectivity index (χ1v) is 10.7. The van der Waals surface area contributed by atoms with E-state index in [-0.39, 0.29) is 5.16 Å². The molecule has 0 saturated heterocycles. The maximum Gasteiger partial charge on any atom is 0.0349 e. The van der Waals surface area contributed by atoms with E-state index in [1.54, 1.807) is 0 Å². The molecule has 0 aromatic heterocycles. The highest BCUT2D eigenvalue weighted by atomic mass is 31.0. The molecule has 0 amide bonds. The van der Waals surface area contributed by atoms with Gasteiger partial charge in [-0.1, -0.05) is 88.6 Å². The van der Waals surface area contributed by atoms with Gasteiger partial charge in [-0.2, -0.15) is 0 Å². The molecule has 2 rings (SSSR count). The zero-order chi connectivity index (χ0) is 18.1. The zero-order valence-electron chi connectivity index (χ0n) is 16.4. The van der Waals surface area contributed by atoms with Crippen LogP contribution in [0.3, 0.4) is 0 Å². The molecule has 0 saturated carbocycles. The molecule has 1 heteroatoms. The summed E-state index contributed by atoms with van der Waals surface area (Å²) in [5.41, 5.74) is 6.08. The van der Waals surface area contributed by atoms with Gasteiger partial charge in [-0.25, -0.2) is 0 Å². The Kier molecular flexibility index (Phi) is 8.17. The highest BCUT2D eigenvalue weighted by molar-refractivity contribution is 7.19. The van der Waals surface area contributed by atoms with Crippen molar-refractivity contribution < 1.29 is 0 Å². The van der Waals surface area contributed by atoms with Crippen LogP contribution in [0.1, 0.15) is 81.5 Å². The van der Waals surface area contributed by atoms with Gasteiger partial charge in [-0.15, -0.1) is 9.24 Å². The van der Waals surface area contributed by atoms with Gasteiger partial charge in [0.1, 0.15) is 0 Å². The number of benzene rings is 2. The third kappa shape index (κ3) is 4.95. The first-order valence-electron chi connectivity index (χ1n) is 10.1. The maximum absolute atomic E-state index is 3.26. The van der Waals surface area contributed by atoms with Crippen molar-refractivity contribution in [1.82, 2.24) is 0 Å². The van der Waals surface area contributed by atoms with E-state index in [1.807, 2.05) is 0 Å². The first-order chi connectivity index (χ1) is 12.2. The monoisotopic (exact) mass is 354 g/mol. The third-order valence-corrected chi connectivity index (χ3v) is 6.15. The summed E-state index contributed by atoms with van der Waals surface area (Å²) in [6.45, 7) is 6.87. The van der Waals surface area contributed by atoms with Gasteiger partial charge in [-0.3, -0.25) is 0 Å². The first kappa shape index (κ1) is 20.2. The normalized spacial score (nSPS) is 11.7. The molecule has 0 bridgehead atoms. The molecule has 0 nitrogen and oxygen atoms in total. The Morgan fingerprint density at radius 2 is 1.12 bits per heavy atom. The van der Waals surface area contributed by atoms with Crippen molar-refractivity contribution in [1.29, 1.82) is 0 Å². The second-order valence-corrected chi connectivity index (χ2v) is 8.23. The van der Waals surface area contributed by atoms with Crippen molar-refractivity contribution in [3.8, 4) is 0 Å². The molecule has 0 radical (unpaired) electrons. The van der Waals surface area contributed by atoms with Crippen molar-refractivity contribution in [3.63, 3.8) is 0 Å². The molecule has 0 spiro atoms. The molecule has 1 unspecified atom stereocenters. The molecule has 0 aliphatic rings. The summed E-state index contributed by atoms with van der Waals surface area (Å²) < 4.78 is 0. The van der Waals surface area contributed by atoms with Crippen molar-refractivity contribution in [2.24, 2.45) is 0 Å². The van der Waals surface area contributed by atoms with Crippen LogP contribution in [0.25, 0.3) is 0 Å². The van der Waals surface area contributed by atoms with E-state index in [0.717, 1.165) is 0 Å². The average molecular weight is 355 g/mol. The highest BCUT2D eigenvalue weighted by Gasteiger charge is 2.31. The smallest absolute Gasteiger partial charge is 0.0349 e. The Labute approximate surface area is 157 Å². The molecular weight excluding hydrogens is 319 g/mol. The maximum atomic E-state index is 3.26. The summed E-state index contributed by atoms with van der Waals surface area (Å²) >= 11 is 0. The van der Waals surface area contributed by atoms with Gasteiger partial charge in [0.2, 0.25) is 0 Å². The third-order valence-electron chi connectivity index (χ3n) is 5.24. The second kappa shape index (κ2) is 10.1. The number of rotatable bonds is 10. The molecular formula is C24H35P. The van der Waals surface area contributed by atoms with Crippen LogP contribution in [-0.4, -0.2) is 0 Å². The number of unbranched alkanes of at least 4 members (excludes halogenated alkanes) is 2. The fourth-order valence-electron chi connectivity index (χ4n) is 3.89. The lowest BCUT2D eigenvalue weighted by molar-refractivity contribution is 0.625. The van der Waals surface area contributed by atoms with Crippen molar-refractivity contribution in [3.05, 3.63) is 70.8 Å². The number of hydrogen-bond donors (Lipinski definition) is 0. The molecule has 0 aliphatic heterocycles. The molecule has 1 atom stereocenters. The Balaban J connectivity index is 2.53. The molecule has 0 aliphatic carbocycles. The Morgan fingerprint density at radius 1 is 0.680 bits per heavy atom. The van der Waals surface area contributed by atoms with Gasteiger partial charge >= 0.3 is 0 Å². The van der Waals surface area contributed by atoms with Gasteiger partial charge in [0.15, 0.2) is 0 Å². The molecule has 136 valence electrons. The van der Waals surface area contributed by atoms with Gasteiger partial charge in [0.25, 0.3) is 0 Å². The SMILES string of the molecule is CCCCc1ccccc1C(P)(CCC)c1ccccc1CCCC. The van der Waals surface area contributed by atoms with E-state index >= 15 is 0 Å². The quantitative estimate of drug-likeness (QED) is 0.393. The summed E-state index contributed by atoms with van der Waals surface area (Å²) in [6.07, 6.45) is 9.76. The fourth-order valence-corrected chi connectivity index (χ4v) is 4.74. The molecule has 2 aromatic carbocycles. The molecule has 0 heterocycles. The molecule has 25 heavy (non-hydrogen) atoms. The standard InChI is InChI=1S/C24H35P/c1-4-7-13-20-15-9-11-17-22(20)24(25,19-6-3)23-18-12-10-16-21(23)14-8-5-2/h9-12,15-18H,4-8,13-14,19,25H2,1-3H3. The van der Waals surface area contributed by atoms with Crippen LogP contribution in [0.4, 0.5) is 0 Å². The molecule has 0 fully saturated rings. The molecule has 0 N–H and O–H groups in total. The van der Waals surface area contributed by atoms with Gasteiger partial charge in [0, 0.05) is 5.16 Å². The summed E-state index contributed by atoms with van der Waals surface area (Å²) in [6, 6.07) is 18.3. The van der Waals surface area contributed by atoms with Gasteiger partial charge < -0.3 is 0 Å². The Hall–Kier alpha value is -1.13. The van der Waals surface area contributed by atoms with E-state index in [2.05, 4.69) is 78.5 Å². The minimum absolute atomic E-state index is 0.0312.